The molecule has 2 aromatic rings. The minimum atomic E-state index is -3.86. The normalized spacial score (nSPS) is 22.7. The molecule has 6 nitrogen and oxygen atoms in total. The third-order valence-electron chi connectivity index (χ3n) is 7.20. The first-order chi connectivity index (χ1) is 16.7. The molecule has 0 radical (unpaired) electrons. The third-order valence-corrected chi connectivity index (χ3v) is 9.11. The van der Waals surface area contributed by atoms with Crippen molar-refractivity contribution in [2.24, 2.45) is 4.40 Å². The lowest BCUT2D eigenvalue weighted by Gasteiger charge is -2.38. The molecule has 190 valence electrons. The first-order valence-corrected chi connectivity index (χ1v) is 13.9. The van der Waals surface area contributed by atoms with Gasteiger partial charge in [0.2, 0.25) is 5.90 Å². The van der Waals surface area contributed by atoms with Crippen LogP contribution in [0.15, 0.2) is 52.9 Å². The van der Waals surface area contributed by atoms with Crippen LogP contribution in [0.5, 0.6) is 0 Å². The molecule has 0 unspecified atom stereocenters. The van der Waals surface area contributed by atoms with E-state index >= 15 is 0 Å². The fourth-order valence-corrected chi connectivity index (χ4v) is 6.91. The largest absolute Gasteiger partial charge is 0.473 e. The molecule has 0 bridgehead atoms. The molecular formula is C27H35FN2O4S. The minimum absolute atomic E-state index is 0.0641. The number of nitrogens with one attached hydrogen (secondary N) is 1. The van der Waals surface area contributed by atoms with Gasteiger partial charge in [-0.25, -0.2) is 12.8 Å². The van der Waals surface area contributed by atoms with Crippen LogP contribution in [-0.2, 0) is 21.2 Å². The Morgan fingerprint density at radius 1 is 1.14 bits per heavy atom. The summed E-state index contributed by atoms with van der Waals surface area (Å²) in [6, 6.07) is 14.6. The second-order valence-corrected chi connectivity index (χ2v) is 11.9. The molecule has 0 saturated carbocycles. The van der Waals surface area contributed by atoms with Crippen LogP contribution in [0.1, 0.15) is 68.1 Å². The number of benzene rings is 2. The van der Waals surface area contributed by atoms with Crippen LogP contribution in [0.2, 0.25) is 0 Å². The van der Waals surface area contributed by atoms with Gasteiger partial charge in [-0.3, -0.25) is 0 Å². The minimum Gasteiger partial charge on any atom is -0.473 e. The van der Waals surface area contributed by atoms with E-state index in [1.807, 2.05) is 12.1 Å². The molecule has 1 saturated heterocycles. The number of halogens is 1. The first-order valence-electron chi connectivity index (χ1n) is 12.4. The predicted octanol–water partition coefficient (Wildman–Crippen LogP) is 4.30. The van der Waals surface area contributed by atoms with Gasteiger partial charge in [-0.15, -0.1) is 4.40 Å². The smallest absolute Gasteiger partial charge is 0.263 e. The van der Waals surface area contributed by atoms with Gasteiger partial charge in [0.05, 0.1) is 0 Å². The van der Waals surface area contributed by atoms with Crippen LogP contribution in [0.4, 0.5) is 4.39 Å². The van der Waals surface area contributed by atoms with Gasteiger partial charge >= 0.3 is 0 Å². The van der Waals surface area contributed by atoms with Crippen molar-refractivity contribution in [1.82, 2.24) is 5.32 Å². The molecular weight excluding hydrogens is 467 g/mol. The molecule has 0 spiro atoms. The summed E-state index contributed by atoms with van der Waals surface area (Å²) < 4.78 is 51.1. The van der Waals surface area contributed by atoms with E-state index in [0.717, 1.165) is 31.5 Å². The van der Waals surface area contributed by atoms with E-state index in [0.29, 0.717) is 17.9 Å². The SMILES string of the molecule is CC1(C)OC(C[C@@H](CCO)c2ccccc2F)=NS(=O)(=O)[C@@H]1Cc1ccc(C2CCNCC2)cc1. The van der Waals surface area contributed by atoms with Crippen molar-refractivity contribution in [1.29, 1.82) is 0 Å². The van der Waals surface area contributed by atoms with Gasteiger partial charge in [0.15, 0.2) is 0 Å². The van der Waals surface area contributed by atoms with Crippen LogP contribution >= 0.6 is 0 Å². The number of hydrogen-bond donors (Lipinski definition) is 2. The van der Waals surface area contributed by atoms with Gasteiger partial charge < -0.3 is 15.2 Å². The molecule has 2 aliphatic rings. The predicted molar refractivity (Wildman–Crippen MR) is 136 cm³/mol. The second-order valence-electron chi connectivity index (χ2n) is 10.1. The number of aliphatic hydroxyl groups is 1. The lowest BCUT2D eigenvalue weighted by Crippen LogP contribution is -2.50. The number of aliphatic hydroxyl groups excluding tert-OH is 1. The molecule has 2 atom stereocenters. The Morgan fingerprint density at radius 2 is 1.83 bits per heavy atom. The van der Waals surface area contributed by atoms with Crippen LogP contribution in [0.3, 0.4) is 0 Å². The standard InChI is InChI=1S/C27H35FN2O4S/c1-27(2)25(17-19-7-9-20(10-8-19)21-11-14-29-15-12-21)35(32,33)30-26(34-27)18-22(13-16-31)23-5-3-4-6-24(23)28/h3-10,21-22,25,29,31H,11-18H2,1-2H3/t22-,25-/m1/s1. The molecule has 8 heteroatoms. The topological polar surface area (TPSA) is 88.0 Å². The lowest BCUT2D eigenvalue weighted by atomic mass is 9.89. The quantitative estimate of drug-likeness (QED) is 0.562. The lowest BCUT2D eigenvalue weighted by molar-refractivity contribution is 0.0797. The Balaban J connectivity index is 1.52. The average Bonchev–Trinajstić information content (AvgIpc) is 2.82. The summed E-state index contributed by atoms with van der Waals surface area (Å²) in [5, 5.41) is 12.0. The number of rotatable bonds is 8. The summed E-state index contributed by atoms with van der Waals surface area (Å²) in [6.45, 7) is 5.41. The molecule has 2 aromatic carbocycles. The zero-order chi connectivity index (χ0) is 25.1. The average molecular weight is 503 g/mol. The van der Waals surface area contributed by atoms with E-state index in [4.69, 9.17) is 4.74 Å². The number of sulfonamides is 1. The van der Waals surface area contributed by atoms with Crippen LogP contribution in [0, 0.1) is 5.82 Å². The maximum atomic E-state index is 14.4. The molecule has 0 amide bonds. The molecule has 35 heavy (non-hydrogen) atoms. The Morgan fingerprint density at radius 3 is 2.46 bits per heavy atom. The van der Waals surface area contributed by atoms with Crippen LogP contribution in [-0.4, -0.2) is 50.0 Å². The van der Waals surface area contributed by atoms with Crippen molar-refractivity contribution in [3.63, 3.8) is 0 Å². The van der Waals surface area contributed by atoms with Gasteiger partial charge in [-0.1, -0.05) is 42.5 Å². The molecule has 0 aliphatic carbocycles. The monoisotopic (exact) mass is 502 g/mol. The van der Waals surface area contributed by atoms with Gasteiger partial charge in [-0.2, -0.15) is 0 Å². The highest BCUT2D eigenvalue weighted by atomic mass is 32.2. The van der Waals surface area contributed by atoms with E-state index in [1.54, 1.807) is 32.0 Å². The molecule has 1 fully saturated rings. The van der Waals surface area contributed by atoms with Crippen molar-refractivity contribution in [2.75, 3.05) is 19.7 Å². The van der Waals surface area contributed by atoms with Crippen molar-refractivity contribution < 1.29 is 22.7 Å². The van der Waals surface area contributed by atoms with Crippen molar-refractivity contribution >= 4 is 15.9 Å². The summed E-state index contributed by atoms with van der Waals surface area (Å²) in [5.41, 5.74) is 1.62. The summed E-state index contributed by atoms with van der Waals surface area (Å²) in [6.07, 6.45) is 2.89. The fourth-order valence-electron chi connectivity index (χ4n) is 5.22. The van der Waals surface area contributed by atoms with E-state index < -0.39 is 32.6 Å². The third kappa shape index (κ3) is 6.11. The van der Waals surface area contributed by atoms with E-state index in [-0.39, 0.29) is 25.3 Å². The van der Waals surface area contributed by atoms with Gasteiger partial charge in [0.25, 0.3) is 10.0 Å². The van der Waals surface area contributed by atoms with E-state index in [9.17, 15) is 17.9 Å². The highest BCUT2D eigenvalue weighted by molar-refractivity contribution is 7.91. The molecule has 4 rings (SSSR count). The van der Waals surface area contributed by atoms with E-state index in [1.165, 1.54) is 11.6 Å². The van der Waals surface area contributed by atoms with E-state index in [2.05, 4.69) is 21.8 Å². The number of piperidine rings is 1. The number of hydrogen-bond acceptors (Lipinski definition) is 5. The summed E-state index contributed by atoms with van der Waals surface area (Å²) in [4.78, 5) is 0. The van der Waals surface area contributed by atoms with Crippen molar-refractivity contribution in [3.05, 3.63) is 71.0 Å². The van der Waals surface area contributed by atoms with Gasteiger partial charge in [-0.05, 0) is 87.2 Å². The molecule has 2 heterocycles. The van der Waals surface area contributed by atoms with Gasteiger partial charge in [0, 0.05) is 13.0 Å². The summed E-state index contributed by atoms with van der Waals surface area (Å²) in [5.74, 6) is -0.230. The number of ether oxygens (including phenoxy) is 1. The van der Waals surface area contributed by atoms with Crippen LogP contribution in [0.25, 0.3) is 0 Å². The number of nitrogens with zero attached hydrogens (tertiary/aromatic N) is 1. The highest BCUT2D eigenvalue weighted by Crippen LogP contribution is 2.35. The van der Waals surface area contributed by atoms with Crippen LogP contribution < -0.4 is 5.32 Å². The molecule has 0 aromatic heterocycles. The Labute approximate surface area is 207 Å². The van der Waals surface area contributed by atoms with Crippen molar-refractivity contribution in [2.45, 2.75) is 68.6 Å². The maximum absolute atomic E-state index is 14.4. The van der Waals surface area contributed by atoms with Gasteiger partial charge in [0.1, 0.15) is 16.7 Å². The Hall–Kier alpha value is -2.29. The Kier molecular flexibility index (Phi) is 7.93. The fraction of sp³-hybridized carbons (Fsp3) is 0.519. The maximum Gasteiger partial charge on any atom is 0.263 e. The highest BCUT2D eigenvalue weighted by Gasteiger charge is 2.46. The summed E-state index contributed by atoms with van der Waals surface area (Å²) in [7, 11) is -3.86. The zero-order valence-electron chi connectivity index (χ0n) is 20.4. The second kappa shape index (κ2) is 10.8. The first kappa shape index (κ1) is 25.8. The molecule has 2 N–H and O–H groups in total. The zero-order valence-corrected chi connectivity index (χ0v) is 21.2. The molecule has 2 aliphatic heterocycles. The van der Waals surface area contributed by atoms with Crippen molar-refractivity contribution in [3.8, 4) is 0 Å². The summed E-state index contributed by atoms with van der Waals surface area (Å²) >= 11 is 0. The Bertz CT molecular complexity index is 1140.